The van der Waals surface area contributed by atoms with E-state index in [1.165, 1.54) is 5.56 Å². The second-order valence-electron chi connectivity index (χ2n) is 8.56. The predicted molar refractivity (Wildman–Crippen MR) is 135 cm³/mol. The number of rotatable bonds is 5. The highest BCUT2D eigenvalue weighted by atomic mass is 35.5. The van der Waals surface area contributed by atoms with Crippen molar-refractivity contribution >= 4 is 34.9 Å². The number of likely N-dealkylation sites (tertiary alicyclic amines) is 1. The zero-order valence-electron chi connectivity index (χ0n) is 19.0. The van der Waals surface area contributed by atoms with E-state index in [0.29, 0.717) is 36.3 Å². The first-order valence-electron chi connectivity index (χ1n) is 11.5. The number of halogens is 1. The Bertz CT molecular complexity index is 1350. The van der Waals surface area contributed by atoms with Gasteiger partial charge in [-0.1, -0.05) is 23.7 Å². The number of amides is 3. The van der Waals surface area contributed by atoms with Gasteiger partial charge in [-0.25, -0.2) is 14.8 Å². The topological polar surface area (TPSA) is 91.6 Å². The average molecular weight is 489 g/mol. The van der Waals surface area contributed by atoms with Gasteiger partial charge in [-0.3, -0.25) is 4.79 Å². The van der Waals surface area contributed by atoms with Crippen LogP contribution >= 0.6 is 11.6 Å². The minimum absolute atomic E-state index is 0.121. The molecule has 1 aromatic carbocycles. The van der Waals surface area contributed by atoms with E-state index in [9.17, 15) is 9.59 Å². The number of hydrogen-bond donors (Lipinski definition) is 2. The van der Waals surface area contributed by atoms with Crippen LogP contribution in [0, 0.1) is 0 Å². The third kappa shape index (κ3) is 5.27. The fourth-order valence-corrected chi connectivity index (χ4v) is 4.57. The molecule has 0 bridgehead atoms. The lowest BCUT2D eigenvalue weighted by atomic mass is 9.89. The minimum atomic E-state index is -0.263. The number of nitrogens with zero attached hydrogens (tertiary/aromatic N) is 4. The number of benzene rings is 1. The molecule has 0 aliphatic carbocycles. The average Bonchev–Trinajstić information content (AvgIpc) is 3.36. The van der Waals surface area contributed by atoms with E-state index in [1.54, 1.807) is 24.5 Å². The SMILES string of the molecule is O=C(NCc1ccn2ccnc2c1)Nc1ccc(C2CCN(C(=O)c3ncccc3Cl)CC2)cc1. The number of hydrogen-bond acceptors (Lipinski definition) is 4. The van der Waals surface area contributed by atoms with Crippen LogP contribution in [0.4, 0.5) is 10.5 Å². The largest absolute Gasteiger partial charge is 0.337 e. The van der Waals surface area contributed by atoms with E-state index in [1.807, 2.05) is 58.1 Å². The van der Waals surface area contributed by atoms with Gasteiger partial charge in [0.15, 0.2) is 0 Å². The number of aromatic nitrogens is 3. The molecule has 0 atom stereocenters. The number of imidazole rings is 1. The van der Waals surface area contributed by atoms with Crippen LogP contribution in [-0.4, -0.2) is 44.3 Å². The van der Waals surface area contributed by atoms with Crippen molar-refractivity contribution in [3.63, 3.8) is 0 Å². The smallest absolute Gasteiger partial charge is 0.319 e. The van der Waals surface area contributed by atoms with Gasteiger partial charge < -0.3 is 19.9 Å². The second-order valence-corrected chi connectivity index (χ2v) is 8.96. The third-order valence-corrected chi connectivity index (χ3v) is 6.60. The van der Waals surface area contributed by atoms with Gasteiger partial charge >= 0.3 is 6.03 Å². The maximum absolute atomic E-state index is 12.7. The molecule has 1 saturated heterocycles. The summed E-state index contributed by atoms with van der Waals surface area (Å²) in [6.07, 6.45) is 8.86. The highest BCUT2D eigenvalue weighted by Gasteiger charge is 2.26. The number of carbonyl (C=O) groups excluding carboxylic acids is 2. The molecule has 1 aliphatic rings. The Labute approximate surface area is 208 Å². The molecule has 9 heteroatoms. The van der Waals surface area contributed by atoms with Crippen molar-refractivity contribution in [3.05, 3.63) is 95.2 Å². The maximum Gasteiger partial charge on any atom is 0.319 e. The number of carbonyl (C=O) groups is 2. The van der Waals surface area contributed by atoms with Crippen LogP contribution in [0.15, 0.2) is 73.3 Å². The summed E-state index contributed by atoms with van der Waals surface area (Å²) in [5, 5.41) is 6.13. The Hall–Kier alpha value is -3.91. The molecule has 8 nitrogen and oxygen atoms in total. The zero-order valence-corrected chi connectivity index (χ0v) is 19.8. The first-order chi connectivity index (χ1) is 17.1. The Balaban J connectivity index is 1.11. The molecule has 4 aromatic rings. The number of anilines is 1. The summed E-state index contributed by atoms with van der Waals surface area (Å²) in [5.41, 5.74) is 4.06. The molecule has 178 valence electrons. The molecule has 0 unspecified atom stereocenters. The Morgan fingerprint density at radius 1 is 1.00 bits per heavy atom. The minimum Gasteiger partial charge on any atom is -0.337 e. The van der Waals surface area contributed by atoms with Crippen LogP contribution in [0.5, 0.6) is 0 Å². The lowest BCUT2D eigenvalue weighted by molar-refractivity contribution is 0.0707. The summed E-state index contributed by atoms with van der Waals surface area (Å²) in [4.78, 5) is 35.3. The lowest BCUT2D eigenvalue weighted by Crippen LogP contribution is -2.38. The highest BCUT2D eigenvalue weighted by Crippen LogP contribution is 2.30. The lowest BCUT2D eigenvalue weighted by Gasteiger charge is -2.32. The summed E-state index contributed by atoms with van der Waals surface area (Å²) >= 11 is 6.13. The van der Waals surface area contributed by atoms with E-state index in [4.69, 9.17) is 11.6 Å². The molecule has 1 aliphatic heterocycles. The van der Waals surface area contributed by atoms with Gasteiger partial charge in [0.1, 0.15) is 11.3 Å². The highest BCUT2D eigenvalue weighted by molar-refractivity contribution is 6.33. The van der Waals surface area contributed by atoms with Crippen LogP contribution in [0.25, 0.3) is 5.65 Å². The van der Waals surface area contributed by atoms with Crippen LogP contribution in [0.3, 0.4) is 0 Å². The molecule has 3 amide bonds. The van der Waals surface area contributed by atoms with Crippen molar-refractivity contribution in [2.75, 3.05) is 18.4 Å². The Morgan fingerprint density at radius 3 is 2.57 bits per heavy atom. The van der Waals surface area contributed by atoms with Crippen molar-refractivity contribution in [3.8, 4) is 0 Å². The van der Waals surface area contributed by atoms with Gasteiger partial charge in [0, 0.05) is 50.1 Å². The Kier molecular flexibility index (Phi) is 6.63. The van der Waals surface area contributed by atoms with Crippen LogP contribution in [0.2, 0.25) is 5.02 Å². The summed E-state index contributed by atoms with van der Waals surface area (Å²) in [6.45, 7) is 1.72. The molecule has 5 rings (SSSR count). The van der Waals surface area contributed by atoms with Crippen molar-refractivity contribution in [1.82, 2.24) is 24.6 Å². The van der Waals surface area contributed by atoms with E-state index in [2.05, 4.69) is 20.6 Å². The molecule has 2 N–H and O–H groups in total. The third-order valence-electron chi connectivity index (χ3n) is 6.30. The van der Waals surface area contributed by atoms with Crippen molar-refractivity contribution in [1.29, 1.82) is 0 Å². The molecule has 0 spiro atoms. The fourth-order valence-electron chi connectivity index (χ4n) is 4.37. The number of nitrogens with one attached hydrogen (secondary N) is 2. The van der Waals surface area contributed by atoms with Crippen LogP contribution in [0.1, 0.15) is 40.4 Å². The zero-order chi connectivity index (χ0) is 24.2. The summed E-state index contributed by atoms with van der Waals surface area (Å²) in [6, 6.07) is 14.9. The van der Waals surface area contributed by atoms with E-state index in [0.717, 1.165) is 29.7 Å². The summed E-state index contributed by atoms with van der Waals surface area (Å²) < 4.78 is 1.92. The molecule has 0 saturated carbocycles. The van der Waals surface area contributed by atoms with Crippen molar-refractivity contribution in [2.45, 2.75) is 25.3 Å². The first kappa shape index (κ1) is 22.9. The summed E-state index contributed by atoms with van der Waals surface area (Å²) in [7, 11) is 0. The summed E-state index contributed by atoms with van der Waals surface area (Å²) in [5.74, 6) is 0.239. The molecule has 1 fully saturated rings. The van der Waals surface area contributed by atoms with E-state index in [-0.39, 0.29) is 11.9 Å². The molecule has 3 aromatic heterocycles. The first-order valence-corrected chi connectivity index (χ1v) is 11.9. The number of urea groups is 1. The van der Waals surface area contributed by atoms with Gasteiger partial charge in [-0.2, -0.15) is 0 Å². The van der Waals surface area contributed by atoms with Crippen LogP contribution in [-0.2, 0) is 6.54 Å². The fraction of sp³-hybridized carbons (Fsp3) is 0.231. The standard InChI is InChI=1S/C26H25ClN6O2/c27-22-2-1-10-29-24(22)25(34)33-13-8-20(9-14-33)19-3-5-21(6-4-19)31-26(35)30-17-18-7-12-32-15-11-28-23(32)16-18/h1-7,10-12,15-16,20H,8-9,13-14,17H2,(H2,30,31,35). The maximum atomic E-state index is 12.7. The predicted octanol–water partition coefficient (Wildman–Crippen LogP) is 4.72. The van der Waals surface area contributed by atoms with Gasteiger partial charge in [0.25, 0.3) is 5.91 Å². The van der Waals surface area contributed by atoms with Crippen LogP contribution < -0.4 is 10.6 Å². The van der Waals surface area contributed by atoms with Crippen molar-refractivity contribution in [2.24, 2.45) is 0 Å². The number of pyridine rings is 2. The second kappa shape index (κ2) is 10.1. The molecular weight excluding hydrogens is 464 g/mol. The molecule has 4 heterocycles. The molecular formula is C26H25ClN6O2. The van der Waals surface area contributed by atoms with Gasteiger partial charge in [-0.15, -0.1) is 0 Å². The van der Waals surface area contributed by atoms with Gasteiger partial charge in [0.05, 0.1) is 5.02 Å². The van der Waals surface area contributed by atoms with Gasteiger partial charge in [0.2, 0.25) is 0 Å². The molecule has 35 heavy (non-hydrogen) atoms. The number of fused-ring (bicyclic) bond motifs is 1. The normalized spacial score (nSPS) is 14.1. The monoisotopic (exact) mass is 488 g/mol. The molecule has 0 radical (unpaired) electrons. The Morgan fingerprint density at radius 2 is 1.80 bits per heavy atom. The van der Waals surface area contributed by atoms with E-state index < -0.39 is 0 Å². The van der Waals surface area contributed by atoms with Gasteiger partial charge in [-0.05, 0) is 66.3 Å². The van der Waals surface area contributed by atoms with E-state index >= 15 is 0 Å². The van der Waals surface area contributed by atoms with Crippen molar-refractivity contribution < 1.29 is 9.59 Å². The number of piperidine rings is 1. The quantitative estimate of drug-likeness (QED) is 0.425.